The van der Waals surface area contributed by atoms with E-state index >= 15 is 0 Å². The summed E-state index contributed by atoms with van der Waals surface area (Å²) in [5.74, 6) is -0.337. The topological polar surface area (TPSA) is 17.1 Å². The van der Waals surface area contributed by atoms with Crippen LogP contribution in [0.4, 0.5) is 4.39 Å². The highest BCUT2D eigenvalue weighted by Crippen LogP contribution is 2.26. The summed E-state index contributed by atoms with van der Waals surface area (Å²) in [5.41, 5.74) is 0.273. The molecule has 0 heterocycles. The summed E-state index contributed by atoms with van der Waals surface area (Å²) in [6.07, 6.45) is 6.47. The molecule has 2 rings (SSSR count). The highest BCUT2D eigenvalue weighted by atomic mass is 19.1. The molecule has 0 saturated heterocycles. The maximum absolute atomic E-state index is 13.5. The molecule has 1 saturated carbocycles. The van der Waals surface area contributed by atoms with Gasteiger partial charge in [-0.25, -0.2) is 4.39 Å². The zero-order chi connectivity index (χ0) is 11.4. The molecule has 86 valence electrons. The Morgan fingerprint density at radius 1 is 1.06 bits per heavy atom. The highest BCUT2D eigenvalue weighted by Gasteiger charge is 2.23. The molecule has 16 heavy (non-hydrogen) atoms. The molecule has 0 radical (unpaired) electrons. The normalized spacial score (nSPS) is 18.1. The monoisotopic (exact) mass is 220 g/mol. The largest absolute Gasteiger partial charge is 0.294 e. The summed E-state index contributed by atoms with van der Waals surface area (Å²) in [6.45, 7) is 0. The maximum Gasteiger partial charge on any atom is 0.168 e. The van der Waals surface area contributed by atoms with Crippen LogP contribution in [0, 0.1) is 11.7 Å². The predicted molar refractivity (Wildman–Crippen MR) is 61.9 cm³/mol. The molecule has 1 aromatic rings. The minimum absolute atomic E-state index is 0.000000000000000666. The van der Waals surface area contributed by atoms with Gasteiger partial charge in [0.15, 0.2) is 5.78 Å². The molecular formula is C14H17FO. The molecule has 0 aromatic heterocycles. The summed E-state index contributed by atoms with van der Waals surface area (Å²) in [7, 11) is 0. The van der Waals surface area contributed by atoms with E-state index in [1.807, 2.05) is 0 Å². The molecule has 0 amide bonds. The summed E-state index contributed by atoms with van der Waals surface area (Å²) in [5, 5.41) is 0. The lowest BCUT2D eigenvalue weighted by Crippen LogP contribution is -2.15. The molecule has 0 N–H and O–H groups in total. The number of hydrogen-bond acceptors (Lipinski definition) is 1. The Balaban J connectivity index is 2.14. The first-order valence-electron chi connectivity index (χ1n) is 6.08. The number of carbonyl (C=O) groups is 1. The van der Waals surface area contributed by atoms with Crippen molar-refractivity contribution in [3.8, 4) is 0 Å². The summed E-state index contributed by atoms with van der Waals surface area (Å²) in [4.78, 5) is 12.1. The summed E-state index contributed by atoms with van der Waals surface area (Å²) in [6, 6.07) is 6.32. The molecule has 0 spiro atoms. The van der Waals surface area contributed by atoms with Gasteiger partial charge in [0, 0.05) is 5.92 Å². The van der Waals surface area contributed by atoms with Crippen LogP contribution in [0.25, 0.3) is 0 Å². The van der Waals surface area contributed by atoms with E-state index in [9.17, 15) is 9.18 Å². The quantitative estimate of drug-likeness (QED) is 0.544. The Bertz CT molecular complexity index is 365. The first kappa shape index (κ1) is 11.3. The fourth-order valence-electron chi connectivity index (χ4n) is 2.42. The van der Waals surface area contributed by atoms with E-state index < -0.39 is 0 Å². The van der Waals surface area contributed by atoms with Gasteiger partial charge in [-0.2, -0.15) is 0 Å². The Hall–Kier alpha value is -1.18. The molecule has 1 aromatic carbocycles. The van der Waals surface area contributed by atoms with Crippen molar-refractivity contribution in [1.82, 2.24) is 0 Å². The van der Waals surface area contributed by atoms with Crippen LogP contribution in [-0.4, -0.2) is 5.78 Å². The molecular weight excluding hydrogens is 203 g/mol. The van der Waals surface area contributed by atoms with E-state index in [0.717, 1.165) is 25.7 Å². The minimum atomic E-state index is -0.378. The Morgan fingerprint density at radius 2 is 1.69 bits per heavy atom. The smallest absolute Gasteiger partial charge is 0.168 e. The Morgan fingerprint density at radius 3 is 2.31 bits per heavy atom. The van der Waals surface area contributed by atoms with E-state index in [0.29, 0.717) is 0 Å². The van der Waals surface area contributed by atoms with E-state index in [4.69, 9.17) is 0 Å². The number of Topliss-reactive ketones (excluding diaryl/α,β-unsaturated/α-hetero) is 1. The fraction of sp³-hybridized carbons (Fsp3) is 0.500. The SMILES string of the molecule is O=C(c1ccccc1F)C1CCCCCC1. The molecule has 0 atom stereocenters. The van der Waals surface area contributed by atoms with Gasteiger partial charge in [-0.1, -0.05) is 37.8 Å². The van der Waals surface area contributed by atoms with Crippen LogP contribution in [0.15, 0.2) is 24.3 Å². The van der Waals surface area contributed by atoms with Gasteiger partial charge < -0.3 is 0 Å². The van der Waals surface area contributed by atoms with E-state index in [1.54, 1.807) is 18.2 Å². The van der Waals surface area contributed by atoms with E-state index in [-0.39, 0.29) is 23.1 Å². The van der Waals surface area contributed by atoms with Crippen molar-refractivity contribution in [2.45, 2.75) is 38.5 Å². The van der Waals surface area contributed by atoms with Crippen LogP contribution < -0.4 is 0 Å². The lowest BCUT2D eigenvalue weighted by Gasteiger charge is -2.12. The molecule has 0 bridgehead atoms. The van der Waals surface area contributed by atoms with Crippen molar-refractivity contribution in [3.05, 3.63) is 35.6 Å². The predicted octanol–water partition coefficient (Wildman–Crippen LogP) is 3.98. The minimum Gasteiger partial charge on any atom is -0.294 e. The lowest BCUT2D eigenvalue weighted by atomic mass is 9.91. The van der Waals surface area contributed by atoms with Crippen LogP contribution in [0.3, 0.4) is 0 Å². The van der Waals surface area contributed by atoms with E-state index in [1.165, 1.54) is 18.9 Å². The van der Waals surface area contributed by atoms with Gasteiger partial charge in [0.25, 0.3) is 0 Å². The third-order valence-corrected chi connectivity index (χ3v) is 3.37. The van der Waals surface area contributed by atoms with Crippen LogP contribution in [0.1, 0.15) is 48.9 Å². The van der Waals surface area contributed by atoms with Crippen LogP contribution in [0.2, 0.25) is 0 Å². The number of rotatable bonds is 2. The van der Waals surface area contributed by atoms with Gasteiger partial charge in [0.2, 0.25) is 0 Å². The average Bonchev–Trinajstić information content (AvgIpc) is 2.57. The number of hydrogen-bond donors (Lipinski definition) is 0. The summed E-state index contributed by atoms with van der Waals surface area (Å²) < 4.78 is 13.5. The van der Waals surface area contributed by atoms with Crippen LogP contribution in [-0.2, 0) is 0 Å². The first-order valence-corrected chi connectivity index (χ1v) is 6.08. The lowest BCUT2D eigenvalue weighted by molar-refractivity contribution is 0.0903. The number of ketones is 1. The second-order valence-electron chi connectivity index (χ2n) is 4.53. The second kappa shape index (κ2) is 5.24. The van der Waals surface area contributed by atoms with Crippen molar-refractivity contribution in [1.29, 1.82) is 0 Å². The van der Waals surface area contributed by atoms with Gasteiger partial charge in [-0.3, -0.25) is 4.79 Å². The molecule has 1 aliphatic carbocycles. The third-order valence-electron chi connectivity index (χ3n) is 3.37. The summed E-state index contributed by atoms with van der Waals surface area (Å²) >= 11 is 0. The van der Waals surface area contributed by atoms with Crippen molar-refractivity contribution in [2.24, 2.45) is 5.92 Å². The molecule has 0 unspecified atom stereocenters. The number of benzene rings is 1. The fourth-order valence-corrected chi connectivity index (χ4v) is 2.42. The molecule has 2 heteroatoms. The number of carbonyl (C=O) groups excluding carboxylic acids is 1. The third kappa shape index (κ3) is 2.49. The molecule has 1 nitrogen and oxygen atoms in total. The van der Waals surface area contributed by atoms with Gasteiger partial charge in [-0.15, -0.1) is 0 Å². The second-order valence-corrected chi connectivity index (χ2v) is 4.53. The van der Waals surface area contributed by atoms with Gasteiger partial charge in [0.05, 0.1) is 5.56 Å². The van der Waals surface area contributed by atoms with Crippen molar-refractivity contribution in [2.75, 3.05) is 0 Å². The zero-order valence-corrected chi connectivity index (χ0v) is 9.42. The van der Waals surface area contributed by atoms with Gasteiger partial charge >= 0.3 is 0 Å². The first-order chi connectivity index (χ1) is 7.79. The average molecular weight is 220 g/mol. The standard InChI is InChI=1S/C14H17FO/c15-13-10-6-5-9-12(13)14(16)11-7-3-1-2-4-8-11/h5-6,9-11H,1-4,7-8H2. The molecule has 1 aliphatic rings. The number of halogens is 1. The van der Waals surface area contributed by atoms with Crippen molar-refractivity contribution in [3.63, 3.8) is 0 Å². The molecule has 1 fully saturated rings. The van der Waals surface area contributed by atoms with Crippen LogP contribution >= 0.6 is 0 Å². The Labute approximate surface area is 95.7 Å². The highest BCUT2D eigenvalue weighted by molar-refractivity contribution is 5.98. The maximum atomic E-state index is 13.5. The van der Waals surface area contributed by atoms with Crippen molar-refractivity contribution < 1.29 is 9.18 Å². The Kier molecular flexibility index (Phi) is 3.70. The van der Waals surface area contributed by atoms with Crippen molar-refractivity contribution >= 4 is 5.78 Å². The zero-order valence-electron chi connectivity index (χ0n) is 9.42. The van der Waals surface area contributed by atoms with Gasteiger partial charge in [-0.05, 0) is 25.0 Å². The van der Waals surface area contributed by atoms with Gasteiger partial charge in [0.1, 0.15) is 5.82 Å². The molecule has 0 aliphatic heterocycles. The van der Waals surface area contributed by atoms with Crippen LogP contribution in [0.5, 0.6) is 0 Å². The van der Waals surface area contributed by atoms with E-state index in [2.05, 4.69) is 0 Å².